The fraction of sp³-hybridized carbons (Fsp3) is 0.261. The van der Waals surface area contributed by atoms with Crippen LogP contribution in [0, 0.1) is 13.8 Å². The summed E-state index contributed by atoms with van der Waals surface area (Å²) in [5.41, 5.74) is 1.37. The van der Waals surface area contributed by atoms with Crippen molar-refractivity contribution in [3.63, 3.8) is 0 Å². The molecule has 0 aliphatic heterocycles. The van der Waals surface area contributed by atoms with Crippen LogP contribution in [0.3, 0.4) is 0 Å². The first kappa shape index (κ1) is 22.4. The lowest BCUT2D eigenvalue weighted by molar-refractivity contribution is -0.146. The van der Waals surface area contributed by atoms with Gasteiger partial charge in [-0.25, -0.2) is 9.59 Å². The van der Waals surface area contributed by atoms with Gasteiger partial charge in [0.15, 0.2) is 6.61 Å². The molecule has 0 bridgehead atoms. The Balaban J connectivity index is 1.40. The van der Waals surface area contributed by atoms with E-state index in [9.17, 15) is 14.4 Å². The van der Waals surface area contributed by atoms with Crippen LogP contribution in [0.2, 0.25) is 5.02 Å². The molecule has 0 saturated carbocycles. The molecule has 1 heterocycles. The molecule has 8 heteroatoms. The van der Waals surface area contributed by atoms with Crippen molar-refractivity contribution in [3.05, 3.63) is 74.6 Å². The maximum atomic E-state index is 12.2. The zero-order chi connectivity index (χ0) is 22.4. The Labute approximate surface area is 183 Å². The summed E-state index contributed by atoms with van der Waals surface area (Å²) in [5.74, 6) is -0.521. The van der Waals surface area contributed by atoms with Crippen LogP contribution in [-0.2, 0) is 9.53 Å². The molecule has 1 aromatic heterocycles. The second-order valence-corrected chi connectivity index (χ2v) is 7.35. The van der Waals surface area contributed by atoms with Crippen molar-refractivity contribution < 1.29 is 23.5 Å². The minimum absolute atomic E-state index is 0.0716. The summed E-state index contributed by atoms with van der Waals surface area (Å²) in [5, 5.41) is 3.94. The molecule has 3 aromatic rings. The number of benzene rings is 2. The van der Waals surface area contributed by atoms with Crippen LogP contribution in [-0.4, -0.2) is 31.6 Å². The van der Waals surface area contributed by atoms with E-state index in [4.69, 9.17) is 25.5 Å². The molecule has 0 aliphatic rings. The van der Waals surface area contributed by atoms with Gasteiger partial charge in [-0.2, -0.15) is 0 Å². The Hall–Kier alpha value is -3.32. The van der Waals surface area contributed by atoms with Crippen LogP contribution in [0.15, 0.2) is 51.7 Å². The predicted molar refractivity (Wildman–Crippen MR) is 117 cm³/mol. The summed E-state index contributed by atoms with van der Waals surface area (Å²) in [4.78, 5) is 36.0. The molecule has 31 heavy (non-hydrogen) atoms. The highest BCUT2D eigenvalue weighted by Crippen LogP contribution is 2.25. The number of ether oxygens (including phenoxy) is 2. The van der Waals surface area contributed by atoms with Crippen LogP contribution in [0.5, 0.6) is 5.75 Å². The molecule has 0 spiro atoms. The lowest BCUT2D eigenvalue weighted by atomic mass is 10.1. The third-order valence-corrected chi connectivity index (χ3v) is 5.12. The molecule has 1 amide bonds. The fourth-order valence-electron chi connectivity index (χ4n) is 2.95. The topological polar surface area (TPSA) is 94.8 Å². The maximum Gasteiger partial charge on any atom is 0.349 e. The highest BCUT2D eigenvalue weighted by atomic mass is 35.5. The summed E-state index contributed by atoms with van der Waals surface area (Å²) in [6.07, 6.45) is 0.384. The van der Waals surface area contributed by atoms with Crippen molar-refractivity contribution in [3.8, 4) is 5.75 Å². The monoisotopic (exact) mass is 443 g/mol. The van der Waals surface area contributed by atoms with E-state index < -0.39 is 17.5 Å². The number of nitrogens with one attached hydrogen (secondary N) is 1. The standard InChI is InChI=1S/C23H22ClNO6/c1-14-10-17(11-15(2)21(14)24)30-13-20(26)29-9-5-8-25-22(27)18-12-16-6-3-4-7-19(16)31-23(18)28/h3-4,6-7,10-12H,5,8-9,13H2,1-2H3,(H,25,27). The third kappa shape index (κ3) is 5.86. The lowest BCUT2D eigenvalue weighted by Gasteiger charge is -2.10. The zero-order valence-corrected chi connectivity index (χ0v) is 18.0. The molecule has 0 atom stereocenters. The average molecular weight is 444 g/mol. The smallest absolute Gasteiger partial charge is 0.349 e. The molecule has 2 aromatic carbocycles. The van der Waals surface area contributed by atoms with Gasteiger partial charge in [0.25, 0.3) is 5.91 Å². The molecular weight excluding hydrogens is 422 g/mol. The number of amides is 1. The van der Waals surface area contributed by atoms with E-state index in [1.807, 2.05) is 13.8 Å². The van der Waals surface area contributed by atoms with Crippen LogP contribution in [0.25, 0.3) is 11.0 Å². The van der Waals surface area contributed by atoms with Gasteiger partial charge in [-0.15, -0.1) is 0 Å². The van der Waals surface area contributed by atoms with Gasteiger partial charge >= 0.3 is 11.6 Å². The van der Waals surface area contributed by atoms with Gasteiger partial charge in [-0.05, 0) is 55.7 Å². The van der Waals surface area contributed by atoms with E-state index >= 15 is 0 Å². The minimum Gasteiger partial charge on any atom is -0.482 e. The summed E-state index contributed by atoms with van der Waals surface area (Å²) in [7, 11) is 0. The number of fused-ring (bicyclic) bond motifs is 1. The summed E-state index contributed by atoms with van der Waals surface area (Å²) in [6, 6.07) is 11.9. The van der Waals surface area contributed by atoms with Gasteiger partial charge in [0, 0.05) is 17.0 Å². The average Bonchev–Trinajstić information content (AvgIpc) is 2.75. The zero-order valence-electron chi connectivity index (χ0n) is 17.2. The lowest BCUT2D eigenvalue weighted by Crippen LogP contribution is -2.29. The number of aryl methyl sites for hydroxylation is 2. The SMILES string of the molecule is Cc1cc(OCC(=O)OCCCNC(=O)c2cc3ccccc3oc2=O)cc(C)c1Cl. The Morgan fingerprint density at radius 3 is 2.55 bits per heavy atom. The van der Waals surface area contributed by atoms with E-state index in [1.54, 1.807) is 36.4 Å². The van der Waals surface area contributed by atoms with Crippen molar-refractivity contribution in [2.24, 2.45) is 0 Å². The molecule has 0 fully saturated rings. The normalized spacial score (nSPS) is 10.7. The Morgan fingerprint density at radius 1 is 1.10 bits per heavy atom. The Morgan fingerprint density at radius 2 is 1.81 bits per heavy atom. The number of carbonyl (C=O) groups is 2. The van der Waals surface area contributed by atoms with E-state index in [0.29, 0.717) is 28.2 Å². The molecule has 0 saturated heterocycles. The summed E-state index contributed by atoms with van der Waals surface area (Å²) < 4.78 is 15.7. The first-order chi connectivity index (χ1) is 14.8. The summed E-state index contributed by atoms with van der Waals surface area (Å²) in [6.45, 7) is 3.82. The molecule has 1 N–H and O–H groups in total. The van der Waals surface area contributed by atoms with Crippen LogP contribution >= 0.6 is 11.6 Å². The van der Waals surface area contributed by atoms with E-state index in [1.165, 1.54) is 6.07 Å². The second-order valence-electron chi connectivity index (χ2n) is 6.98. The summed E-state index contributed by atoms with van der Waals surface area (Å²) >= 11 is 6.11. The third-order valence-electron chi connectivity index (χ3n) is 4.52. The maximum absolute atomic E-state index is 12.2. The van der Waals surface area contributed by atoms with Gasteiger partial charge in [0.05, 0.1) is 6.61 Å². The number of hydrogen-bond acceptors (Lipinski definition) is 6. The van der Waals surface area contributed by atoms with Crippen molar-refractivity contribution in [2.75, 3.05) is 19.8 Å². The van der Waals surface area contributed by atoms with Crippen LogP contribution in [0.1, 0.15) is 27.9 Å². The quantitative estimate of drug-likeness (QED) is 0.323. The molecule has 0 unspecified atom stereocenters. The van der Waals surface area contributed by atoms with E-state index in [0.717, 1.165) is 11.1 Å². The highest BCUT2D eigenvalue weighted by molar-refractivity contribution is 6.32. The number of para-hydroxylation sites is 1. The fourth-order valence-corrected chi connectivity index (χ4v) is 3.06. The first-order valence-electron chi connectivity index (χ1n) is 9.71. The van der Waals surface area contributed by atoms with Crippen molar-refractivity contribution >= 4 is 34.4 Å². The molecule has 7 nitrogen and oxygen atoms in total. The van der Waals surface area contributed by atoms with Crippen molar-refractivity contribution in [1.82, 2.24) is 5.32 Å². The first-order valence-corrected chi connectivity index (χ1v) is 10.1. The van der Waals surface area contributed by atoms with Gasteiger partial charge in [0.2, 0.25) is 0 Å². The number of carbonyl (C=O) groups excluding carboxylic acids is 2. The van der Waals surface area contributed by atoms with Crippen molar-refractivity contribution in [1.29, 1.82) is 0 Å². The number of halogens is 1. The predicted octanol–water partition coefficient (Wildman–Crippen LogP) is 3.81. The van der Waals surface area contributed by atoms with Gasteiger partial charge in [0.1, 0.15) is 16.9 Å². The van der Waals surface area contributed by atoms with E-state index in [2.05, 4.69) is 5.32 Å². The highest BCUT2D eigenvalue weighted by Gasteiger charge is 2.13. The van der Waals surface area contributed by atoms with Gasteiger partial charge in [-0.3, -0.25) is 4.79 Å². The number of rotatable bonds is 8. The van der Waals surface area contributed by atoms with Gasteiger partial charge < -0.3 is 19.2 Å². The molecular formula is C23H22ClNO6. The minimum atomic E-state index is -0.701. The van der Waals surface area contributed by atoms with Crippen LogP contribution < -0.4 is 15.7 Å². The Bertz CT molecular complexity index is 1150. The number of esters is 1. The second kappa shape index (κ2) is 10.1. The van der Waals surface area contributed by atoms with E-state index in [-0.39, 0.29) is 25.3 Å². The van der Waals surface area contributed by atoms with Crippen molar-refractivity contribution in [2.45, 2.75) is 20.3 Å². The van der Waals surface area contributed by atoms with Crippen LogP contribution in [0.4, 0.5) is 0 Å². The molecule has 162 valence electrons. The largest absolute Gasteiger partial charge is 0.482 e. The molecule has 3 rings (SSSR count). The Kier molecular flexibility index (Phi) is 7.31. The molecule has 0 aliphatic carbocycles. The molecule has 0 radical (unpaired) electrons. The van der Waals surface area contributed by atoms with Gasteiger partial charge in [-0.1, -0.05) is 29.8 Å². The number of hydrogen-bond donors (Lipinski definition) is 1.